The van der Waals surface area contributed by atoms with Gasteiger partial charge in [0.15, 0.2) is 0 Å². The van der Waals surface area contributed by atoms with Crippen molar-refractivity contribution in [3.63, 3.8) is 0 Å². The van der Waals surface area contributed by atoms with Gasteiger partial charge < -0.3 is 4.74 Å². The zero-order valence-corrected chi connectivity index (χ0v) is 16.9. The lowest BCUT2D eigenvalue weighted by atomic mass is 9.81. The molecule has 1 atom stereocenters. The number of allylic oxidation sites excluding steroid dienone is 5. The van der Waals surface area contributed by atoms with Crippen LogP contribution in [0.15, 0.2) is 68.4 Å². The van der Waals surface area contributed by atoms with E-state index in [4.69, 9.17) is 4.74 Å². The van der Waals surface area contributed by atoms with E-state index in [1.54, 1.807) is 11.8 Å². The standard InChI is InChI=1S/C23H22N2O3S/c26-22-15(4-3-9-25-10-12-28-13-11-25)14-20-21(23(22)27)16-7-8-17(16)24-18-5-1-2-6-19(18)29-20/h1-2,5-8,14-15H,3-4,9-13H2. The normalized spacial score (nSPS) is 23.9. The molecular weight excluding hydrogens is 384 g/mol. The SMILES string of the molecule is O=C1C(=O)C(CCCN2CCOCC2)C=C2Sc3ccccc3N=C3C=CC3=C12. The topological polar surface area (TPSA) is 59.0 Å². The molecule has 0 radical (unpaired) electrons. The summed E-state index contributed by atoms with van der Waals surface area (Å²) in [5, 5.41) is 0. The number of para-hydroxylation sites is 1. The number of Topliss-reactive ketones (excluding diaryl/α,β-unsaturated/α-hetero) is 2. The van der Waals surface area contributed by atoms with E-state index in [1.165, 1.54) is 0 Å². The average molecular weight is 407 g/mol. The summed E-state index contributed by atoms with van der Waals surface area (Å²) in [6.07, 6.45) is 7.40. The summed E-state index contributed by atoms with van der Waals surface area (Å²) in [5.41, 5.74) is 3.01. The minimum absolute atomic E-state index is 0.285. The number of hydrogen-bond acceptors (Lipinski definition) is 6. The first kappa shape index (κ1) is 18.7. The summed E-state index contributed by atoms with van der Waals surface area (Å²) >= 11 is 1.55. The Hall–Kier alpha value is -2.28. The van der Waals surface area contributed by atoms with Gasteiger partial charge in [0, 0.05) is 40.0 Å². The van der Waals surface area contributed by atoms with Crippen molar-refractivity contribution in [2.24, 2.45) is 10.9 Å². The Balaban J connectivity index is 1.42. The zero-order chi connectivity index (χ0) is 19.8. The minimum Gasteiger partial charge on any atom is -0.379 e. The van der Waals surface area contributed by atoms with Crippen molar-refractivity contribution in [1.82, 2.24) is 4.90 Å². The molecule has 0 aromatic heterocycles. The fourth-order valence-corrected chi connectivity index (χ4v) is 5.23. The third-order valence-corrected chi connectivity index (χ3v) is 6.88. The predicted octanol–water partition coefficient (Wildman–Crippen LogP) is 3.50. The van der Waals surface area contributed by atoms with Crippen molar-refractivity contribution < 1.29 is 14.3 Å². The Labute approximate surface area is 174 Å². The molecule has 1 fully saturated rings. The lowest BCUT2D eigenvalue weighted by molar-refractivity contribution is -0.136. The van der Waals surface area contributed by atoms with Gasteiger partial charge >= 0.3 is 0 Å². The van der Waals surface area contributed by atoms with Crippen LogP contribution in [0, 0.1) is 5.92 Å². The molecule has 2 aliphatic heterocycles. The van der Waals surface area contributed by atoms with E-state index in [0.29, 0.717) is 12.0 Å². The number of aliphatic imine (C=N–C) groups is 1. The van der Waals surface area contributed by atoms with Crippen LogP contribution in [0.5, 0.6) is 0 Å². The molecule has 0 spiro atoms. The highest BCUT2D eigenvalue weighted by Gasteiger charge is 2.37. The molecule has 148 valence electrons. The molecule has 6 heteroatoms. The van der Waals surface area contributed by atoms with E-state index in [-0.39, 0.29) is 17.5 Å². The van der Waals surface area contributed by atoms with Crippen molar-refractivity contribution in [1.29, 1.82) is 0 Å². The van der Waals surface area contributed by atoms with E-state index < -0.39 is 0 Å². The largest absolute Gasteiger partial charge is 0.379 e. The smallest absolute Gasteiger partial charge is 0.231 e. The Kier molecular flexibility index (Phi) is 5.08. The van der Waals surface area contributed by atoms with Crippen LogP contribution in [0.1, 0.15) is 12.8 Å². The minimum atomic E-state index is -0.363. The van der Waals surface area contributed by atoms with E-state index in [0.717, 1.165) is 66.0 Å². The molecule has 29 heavy (non-hydrogen) atoms. The summed E-state index contributed by atoms with van der Waals surface area (Å²) in [5.74, 6) is -0.989. The molecule has 1 aromatic carbocycles. The first-order valence-electron chi connectivity index (χ1n) is 10.1. The van der Waals surface area contributed by atoms with Gasteiger partial charge in [-0.05, 0) is 43.7 Å². The maximum Gasteiger partial charge on any atom is 0.231 e. The third-order valence-electron chi connectivity index (χ3n) is 5.76. The van der Waals surface area contributed by atoms with Gasteiger partial charge in [0.25, 0.3) is 0 Å². The summed E-state index contributed by atoms with van der Waals surface area (Å²) in [6, 6.07) is 7.95. The van der Waals surface area contributed by atoms with Crippen LogP contribution in [0.25, 0.3) is 0 Å². The van der Waals surface area contributed by atoms with Crippen LogP contribution < -0.4 is 0 Å². The Morgan fingerprint density at radius 1 is 1.14 bits per heavy atom. The maximum absolute atomic E-state index is 13.0. The molecule has 1 unspecified atom stereocenters. The Bertz CT molecular complexity index is 999. The molecule has 0 amide bonds. The molecule has 0 bridgehead atoms. The van der Waals surface area contributed by atoms with Gasteiger partial charge in [-0.25, -0.2) is 4.99 Å². The van der Waals surface area contributed by atoms with Crippen molar-refractivity contribution in [3.05, 3.63) is 58.5 Å². The van der Waals surface area contributed by atoms with Crippen molar-refractivity contribution in [3.8, 4) is 0 Å². The molecule has 5 rings (SSSR count). The highest BCUT2D eigenvalue weighted by atomic mass is 32.2. The van der Waals surface area contributed by atoms with Crippen molar-refractivity contribution in [2.45, 2.75) is 17.7 Å². The van der Waals surface area contributed by atoms with Gasteiger partial charge in [0.1, 0.15) is 0 Å². The molecule has 1 saturated heterocycles. The summed E-state index contributed by atoms with van der Waals surface area (Å²) in [7, 11) is 0. The number of rotatable bonds is 4. The Morgan fingerprint density at radius 3 is 2.76 bits per heavy atom. The van der Waals surface area contributed by atoms with Gasteiger partial charge in [0.2, 0.25) is 11.6 Å². The third kappa shape index (κ3) is 3.56. The van der Waals surface area contributed by atoms with Crippen LogP contribution in [0.2, 0.25) is 0 Å². The molecular formula is C23H22N2O3S. The second-order valence-electron chi connectivity index (χ2n) is 7.62. The number of hydrogen-bond donors (Lipinski definition) is 0. The number of carbonyl (C=O) groups is 2. The highest BCUT2D eigenvalue weighted by molar-refractivity contribution is 8.03. The summed E-state index contributed by atoms with van der Waals surface area (Å²) in [4.78, 5) is 34.8. The number of morpholine rings is 1. The van der Waals surface area contributed by atoms with E-state index >= 15 is 0 Å². The number of benzene rings is 1. The van der Waals surface area contributed by atoms with Gasteiger partial charge in [-0.2, -0.15) is 0 Å². The number of ether oxygens (including phenoxy) is 1. The van der Waals surface area contributed by atoms with Crippen molar-refractivity contribution >= 4 is 34.7 Å². The van der Waals surface area contributed by atoms with Gasteiger partial charge in [-0.15, -0.1) is 0 Å². The van der Waals surface area contributed by atoms with Crippen LogP contribution in [0.3, 0.4) is 0 Å². The second kappa shape index (κ2) is 7.86. The van der Waals surface area contributed by atoms with Gasteiger partial charge in [0.05, 0.1) is 24.6 Å². The van der Waals surface area contributed by atoms with E-state index in [1.807, 2.05) is 42.5 Å². The van der Waals surface area contributed by atoms with Crippen LogP contribution in [-0.2, 0) is 14.3 Å². The number of fused-ring (bicyclic) bond motifs is 3. The maximum atomic E-state index is 13.0. The summed E-state index contributed by atoms with van der Waals surface area (Å²) in [6.45, 7) is 4.37. The van der Waals surface area contributed by atoms with Crippen LogP contribution >= 0.6 is 11.8 Å². The fraction of sp³-hybridized carbons (Fsp3) is 0.348. The van der Waals surface area contributed by atoms with Crippen molar-refractivity contribution in [2.75, 3.05) is 32.8 Å². The molecule has 1 aromatic rings. The lowest BCUT2D eigenvalue weighted by Crippen LogP contribution is -2.37. The van der Waals surface area contributed by atoms with Crippen LogP contribution in [0.4, 0.5) is 5.69 Å². The molecule has 0 saturated carbocycles. The number of ketones is 2. The van der Waals surface area contributed by atoms with E-state index in [2.05, 4.69) is 9.89 Å². The first-order chi connectivity index (χ1) is 14.2. The first-order valence-corrected chi connectivity index (χ1v) is 10.9. The van der Waals surface area contributed by atoms with E-state index in [9.17, 15) is 9.59 Å². The summed E-state index contributed by atoms with van der Waals surface area (Å²) < 4.78 is 5.39. The Morgan fingerprint density at radius 2 is 1.97 bits per heavy atom. The molecule has 5 nitrogen and oxygen atoms in total. The average Bonchev–Trinajstić information content (AvgIpc) is 2.72. The monoisotopic (exact) mass is 406 g/mol. The molecule has 2 aliphatic carbocycles. The van der Waals surface area contributed by atoms with Crippen LogP contribution in [-0.4, -0.2) is 55.0 Å². The molecule has 4 aliphatic rings. The van der Waals surface area contributed by atoms with Gasteiger partial charge in [-0.1, -0.05) is 30.0 Å². The zero-order valence-electron chi connectivity index (χ0n) is 16.1. The number of carbonyl (C=O) groups excluding carboxylic acids is 2. The molecule has 2 heterocycles. The second-order valence-corrected chi connectivity index (χ2v) is 8.70. The number of nitrogens with zero attached hydrogens (tertiary/aromatic N) is 2. The fourth-order valence-electron chi connectivity index (χ4n) is 4.09. The number of thioether (sulfide) groups is 1. The molecule has 0 N–H and O–H groups in total. The van der Waals surface area contributed by atoms with Gasteiger partial charge in [-0.3, -0.25) is 14.5 Å². The quantitative estimate of drug-likeness (QED) is 0.717. The predicted molar refractivity (Wildman–Crippen MR) is 114 cm³/mol. The highest BCUT2D eigenvalue weighted by Crippen LogP contribution is 2.45. The lowest BCUT2D eigenvalue weighted by Gasteiger charge is -2.29.